The molecule has 100 valence electrons. The third-order valence-electron chi connectivity index (χ3n) is 2.94. The maximum atomic E-state index is 10.7. The van der Waals surface area contributed by atoms with Gasteiger partial charge in [-0.2, -0.15) is 0 Å². The highest BCUT2D eigenvalue weighted by Gasteiger charge is 2.13. The van der Waals surface area contributed by atoms with Crippen LogP contribution in [0.5, 0.6) is 0 Å². The quantitative estimate of drug-likeness (QED) is 0.597. The number of aromatic nitrogens is 1. The van der Waals surface area contributed by atoms with Gasteiger partial charge in [0.2, 0.25) is 0 Å². The standard InChI is InChI=1S/C13H21N3O2/c1-4-8-14-11(5-2)9-12-6-7-13(16(17)18)10(3)15-12/h6-7,11,14H,4-5,8-9H2,1-3H3. The Balaban J connectivity index is 2.72. The molecule has 1 aromatic heterocycles. The summed E-state index contributed by atoms with van der Waals surface area (Å²) in [5.41, 5.74) is 1.49. The number of hydrogen-bond acceptors (Lipinski definition) is 4. The second-order valence-electron chi connectivity index (χ2n) is 4.43. The van der Waals surface area contributed by atoms with Gasteiger partial charge in [-0.1, -0.05) is 13.8 Å². The van der Waals surface area contributed by atoms with E-state index < -0.39 is 4.92 Å². The number of rotatable bonds is 7. The van der Waals surface area contributed by atoms with E-state index >= 15 is 0 Å². The molecule has 0 radical (unpaired) electrons. The molecule has 0 saturated carbocycles. The minimum atomic E-state index is -0.390. The molecule has 1 unspecified atom stereocenters. The molecule has 0 amide bonds. The number of nitro groups is 1. The normalized spacial score (nSPS) is 12.4. The van der Waals surface area contributed by atoms with Crippen LogP contribution in [0.1, 0.15) is 38.1 Å². The molecule has 18 heavy (non-hydrogen) atoms. The number of hydrogen-bond donors (Lipinski definition) is 1. The van der Waals surface area contributed by atoms with Crippen molar-refractivity contribution in [1.29, 1.82) is 0 Å². The molecule has 0 spiro atoms. The predicted octanol–water partition coefficient (Wildman–Crippen LogP) is 2.62. The van der Waals surface area contributed by atoms with Gasteiger partial charge < -0.3 is 5.32 Å². The number of aryl methyl sites for hydroxylation is 1. The average Bonchev–Trinajstić information content (AvgIpc) is 2.34. The summed E-state index contributed by atoms with van der Waals surface area (Å²) in [4.78, 5) is 14.6. The zero-order valence-corrected chi connectivity index (χ0v) is 11.3. The van der Waals surface area contributed by atoms with Crippen molar-refractivity contribution in [2.45, 2.75) is 46.1 Å². The molecule has 1 atom stereocenters. The fourth-order valence-electron chi connectivity index (χ4n) is 1.87. The Bertz CT molecular complexity index is 407. The molecule has 0 fully saturated rings. The van der Waals surface area contributed by atoms with E-state index in [1.807, 2.05) is 0 Å². The minimum absolute atomic E-state index is 0.0910. The minimum Gasteiger partial charge on any atom is -0.314 e. The molecule has 1 aromatic rings. The lowest BCUT2D eigenvalue weighted by Gasteiger charge is -2.16. The van der Waals surface area contributed by atoms with Gasteiger partial charge in [-0.05, 0) is 32.4 Å². The van der Waals surface area contributed by atoms with Gasteiger partial charge >= 0.3 is 0 Å². The molecule has 1 rings (SSSR count). The highest BCUT2D eigenvalue weighted by atomic mass is 16.6. The van der Waals surface area contributed by atoms with Crippen molar-refractivity contribution >= 4 is 5.69 Å². The SMILES string of the molecule is CCCNC(CC)Cc1ccc([N+](=O)[O-])c(C)n1. The molecule has 0 bridgehead atoms. The first kappa shape index (κ1) is 14.6. The summed E-state index contributed by atoms with van der Waals surface area (Å²) in [6.45, 7) is 6.94. The van der Waals surface area contributed by atoms with Crippen molar-refractivity contribution in [3.63, 3.8) is 0 Å². The fourth-order valence-corrected chi connectivity index (χ4v) is 1.87. The molecular formula is C13H21N3O2. The van der Waals surface area contributed by atoms with Crippen LogP contribution in [-0.2, 0) is 6.42 Å². The molecule has 5 nitrogen and oxygen atoms in total. The zero-order chi connectivity index (χ0) is 13.5. The Morgan fingerprint density at radius 1 is 1.44 bits per heavy atom. The van der Waals surface area contributed by atoms with Gasteiger partial charge in [-0.25, -0.2) is 0 Å². The first-order valence-electron chi connectivity index (χ1n) is 6.42. The van der Waals surface area contributed by atoms with E-state index in [4.69, 9.17) is 0 Å². The third kappa shape index (κ3) is 4.07. The molecule has 0 aliphatic rings. The molecule has 0 aliphatic heterocycles. The van der Waals surface area contributed by atoms with Crippen LogP contribution in [0, 0.1) is 17.0 Å². The molecule has 1 heterocycles. The first-order valence-corrected chi connectivity index (χ1v) is 6.42. The maximum Gasteiger partial charge on any atom is 0.290 e. The lowest BCUT2D eigenvalue weighted by molar-refractivity contribution is -0.385. The topological polar surface area (TPSA) is 68.1 Å². The summed E-state index contributed by atoms with van der Waals surface area (Å²) in [7, 11) is 0. The molecule has 1 N–H and O–H groups in total. The first-order chi connectivity index (χ1) is 8.58. The van der Waals surface area contributed by atoms with Gasteiger partial charge in [0.1, 0.15) is 5.69 Å². The molecule has 5 heteroatoms. The van der Waals surface area contributed by atoms with Crippen molar-refractivity contribution in [3.05, 3.63) is 33.6 Å². The third-order valence-corrected chi connectivity index (χ3v) is 2.94. The zero-order valence-electron chi connectivity index (χ0n) is 11.3. The molecule has 0 aliphatic carbocycles. The Labute approximate surface area is 108 Å². The Morgan fingerprint density at radius 3 is 2.67 bits per heavy atom. The van der Waals surface area contributed by atoms with Crippen LogP contribution in [0.2, 0.25) is 0 Å². The summed E-state index contributed by atoms with van der Waals surface area (Å²) in [5, 5.41) is 14.2. The highest BCUT2D eigenvalue weighted by molar-refractivity contribution is 5.35. The van der Waals surface area contributed by atoms with E-state index in [1.54, 1.807) is 19.1 Å². The van der Waals surface area contributed by atoms with Crippen LogP contribution in [0.15, 0.2) is 12.1 Å². The van der Waals surface area contributed by atoms with E-state index in [0.717, 1.165) is 31.5 Å². The number of nitrogens with one attached hydrogen (secondary N) is 1. The van der Waals surface area contributed by atoms with Crippen molar-refractivity contribution in [3.8, 4) is 0 Å². The van der Waals surface area contributed by atoms with Gasteiger partial charge in [-0.3, -0.25) is 15.1 Å². The Hall–Kier alpha value is -1.49. The van der Waals surface area contributed by atoms with Crippen LogP contribution in [-0.4, -0.2) is 22.5 Å². The van der Waals surface area contributed by atoms with Gasteiger partial charge in [0, 0.05) is 24.2 Å². The number of pyridine rings is 1. The largest absolute Gasteiger partial charge is 0.314 e. The monoisotopic (exact) mass is 251 g/mol. The molecule has 0 saturated heterocycles. The fraction of sp³-hybridized carbons (Fsp3) is 0.615. The molecule has 0 aromatic carbocycles. The number of nitrogens with zero attached hydrogens (tertiary/aromatic N) is 2. The Kier molecular flexibility index (Phi) is 5.71. The van der Waals surface area contributed by atoms with E-state index in [-0.39, 0.29) is 5.69 Å². The van der Waals surface area contributed by atoms with Gasteiger partial charge in [0.05, 0.1) is 4.92 Å². The van der Waals surface area contributed by atoms with Crippen molar-refractivity contribution in [2.24, 2.45) is 0 Å². The Morgan fingerprint density at radius 2 is 2.17 bits per heavy atom. The van der Waals surface area contributed by atoms with E-state index in [0.29, 0.717) is 11.7 Å². The lowest BCUT2D eigenvalue weighted by Crippen LogP contribution is -2.31. The van der Waals surface area contributed by atoms with Crippen molar-refractivity contribution in [2.75, 3.05) is 6.54 Å². The molecular weight excluding hydrogens is 230 g/mol. The highest BCUT2D eigenvalue weighted by Crippen LogP contribution is 2.16. The smallest absolute Gasteiger partial charge is 0.290 e. The average molecular weight is 251 g/mol. The van der Waals surface area contributed by atoms with Crippen LogP contribution in [0.3, 0.4) is 0 Å². The summed E-state index contributed by atoms with van der Waals surface area (Å²) < 4.78 is 0. The second kappa shape index (κ2) is 7.06. The van der Waals surface area contributed by atoms with E-state index in [2.05, 4.69) is 24.1 Å². The van der Waals surface area contributed by atoms with Crippen molar-refractivity contribution < 1.29 is 4.92 Å². The summed E-state index contributed by atoms with van der Waals surface area (Å²) in [6.07, 6.45) is 2.94. The lowest BCUT2D eigenvalue weighted by atomic mass is 10.1. The predicted molar refractivity (Wildman–Crippen MR) is 71.7 cm³/mol. The van der Waals surface area contributed by atoms with Crippen molar-refractivity contribution in [1.82, 2.24) is 10.3 Å². The van der Waals surface area contributed by atoms with Crippen LogP contribution in [0.4, 0.5) is 5.69 Å². The van der Waals surface area contributed by atoms with Gasteiger partial charge in [0.25, 0.3) is 5.69 Å². The maximum absolute atomic E-state index is 10.7. The van der Waals surface area contributed by atoms with Crippen LogP contribution in [0.25, 0.3) is 0 Å². The summed E-state index contributed by atoms with van der Waals surface area (Å²) in [6, 6.07) is 3.68. The summed E-state index contributed by atoms with van der Waals surface area (Å²) >= 11 is 0. The van der Waals surface area contributed by atoms with Gasteiger partial charge in [0.15, 0.2) is 0 Å². The second-order valence-corrected chi connectivity index (χ2v) is 4.43. The van der Waals surface area contributed by atoms with Crippen LogP contribution >= 0.6 is 0 Å². The van der Waals surface area contributed by atoms with Crippen LogP contribution < -0.4 is 5.32 Å². The van der Waals surface area contributed by atoms with Gasteiger partial charge in [-0.15, -0.1) is 0 Å². The van der Waals surface area contributed by atoms with E-state index in [9.17, 15) is 10.1 Å². The summed E-state index contributed by atoms with van der Waals surface area (Å²) in [5.74, 6) is 0. The van der Waals surface area contributed by atoms with E-state index in [1.165, 1.54) is 0 Å².